The van der Waals surface area contributed by atoms with E-state index in [9.17, 15) is 14.7 Å². The largest absolute Gasteiger partial charge is 0.478 e. The summed E-state index contributed by atoms with van der Waals surface area (Å²) in [5, 5.41) is 9.28. The lowest BCUT2D eigenvalue weighted by atomic mass is 10.0. The second-order valence-corrected chi connectivity index (χ2v) is 6.55. The van der Waals surface area contributed by atoms with Crippen molar-refractivity contribution in [1.29, 1.82) is 0 Å². The van der Waals surface area contributed by atoms with Crippen molar-refractivity contribution in [3.05, 3.63) is 76.4 Å². The van der Waals surface area contributed by atoms with Crippen molar-refractivity contribution in [2.75, 3.05) is 19.0 Å². The smallest absolute Gasteiger partial charge is 0.336 e. The van der Waals surface area contributed by atoms with Crippen LogP contribution in [0.1, 0.15) is 34.3 Å². The summed E-state index contributed by atoms with van der Waals surface area (Å²) in [5.41, 5.74) is 4.31. The van der Waals surface area contributed by atoms with Crippen LogP contribution >= 0.6 is 0 Å². The van der Waals surface area contributed by atoms with E-state index in [2.05, 4.69) is 0 Å². The van der Waals surface area contributed by atoms with Crippen LogP contribution < -0.4 is 4.90 Å². The summed E-state index contributed by atoms with van der Waals surface area (Å²) in [6, 6.07) is 14.8. The predicted molar refractivity (Wildman–Crippen MR) is 104 cm³/mol. The SMILES string of the molecule is CN(C)c1ccc(C=C2CCC(=Cc3ccccc3C(=O)O)C2=O)cc1. The van der Waals surface area contributed by atoms with E-state index in [-0.39, 0.29) is 11.3 Å². The number of rotatable bonds is 4. The van der Waals surface area contributed by atoms with Gasteiger partial charge in [-0.1, -0.05) is 30.3 Å². The van der Waals surface area contributed by atoms with Gasteiger partial charge in [-0.2, -0.15) is 0 Å². The highest BCUT2D eigenvalue weighted by molar-refractivity contribution is 6.16. The van der Waals surface area contributed by atoms with Crippen molar-refractivity contribution >= 4 is 29.6 Å². The fourth-order valence-electron chi connectivity index (χ4n) is 3.05. The van der Waals surface area contributed by atoms with Gasteiger partial charge in [0.1, 0.15) is 0 Å². The quantitative estimate of drug-likeness (QED) is 0.839. The van der Waals surface area contributed by atoms with Gasteiger partial charge in [-0.15, -0.1) is 0 Å². The molecule has 1 aliphatic rings. The van der Waals surface area contributed by atoms with Crippen LogP contribution in [0.5, 0.6) is 0 Å². The lowest BCUT2D eigenvalue weighted by Crippen LogP contribution is -2.07. The molecule has 0 amide bonds. The maximum absolute atomic E-state index is 12.7. The number of carbonyl (C=O) groups is 2. The Morgan fingerprint density at radius 2 is 1.58 bits per heavy atom. The van der Waals surface area contributed by atoms with E-state index >= 15 is 0 Å². The Morgan fingerprint density at radius 3 is 2.19 bits per heavy atom. The maximum atomic E-state index is 12.7. The number of hydrogen-bond donors (Lipinski definition) is 1. The number of ketones is 1. The molecule has 3 rings (SSSR count). The van der Waals surface area contributed by atoms with E-state index in [1.807, 2.05) is 49.3 Å². The van der Waals surface area contributed by atoms with Gasteiger partial charge in [-0.05, 0) is 54.3 Å². The summed E-state index contributed by atoms with van der Waals surface area (Å²) in [5.74, 6) is -0.985. The normalized spacial score (nSPS) is 17.1. The monoisotopic (exact) mass is 347 g/mol. The summed E-state index contributed by atoms with van der Waals surface area (Å²) in [4.78, 5) is 26.0. The van der Waals surface area contributed by atoms with Crippen LogP contribution in [0, 0.1) is 0 Å². The van der Waals surface area contributed by atoms with Crippen LogP contribution in [-0.2, 0) is 4.79 Å². The zero-order valence-electron chi connectivity index (χ0n) is 14.9. The molecule has 0 radical (unpaired) electrons. The minimum Gasteiger partial charge on any atom is -0.478 e. The highest BCUT2D eigenvalue weighted by atomic mass is 16.4. The molecule has 0 aliphatic heterocycles. The van der Waals surface area contributed by atoms with Crippen molar-refractivity contribution in [3.8, 4) is 0 Å². The Kier molecular flexibility index (Phi) is 5.03. The summed E-state index contributed by atoms with van der Waals surface area (Å²) in [6.45, 7) is 0. The van der Waals surface area contributed by atoms with Crippen molar-refractivity contribution in [2.45, 2.75) is 12.8 Å². The molecule has 26 heavy (non-hydrogen) atoms. The second-order valence-electron chi connectivity index (χ2n) is 6.55. The average Bonchev–Trinajstić information content (AvgIpc) is 2.96. The van der Waals surface area contributed by atoms with Crippen molar-refractivity contribution in [3.63, 3.8) is 0 Å². The molecule has 0 bridgehead atoms. The lowest BCUT2D eigenvalue weighted by Gasteiger charge is -2.11. The molecular formula is C22H21NO3. The number of anilines is 1. The van der Waals surface area contributed by atoms with Crippen LogP contribution in [0.4, 0.5) is 5.69 Å². The van der Waals surface area contributed by atoms with E-state index in [1.165, 1.54) is 0 Å². The third-order valence-electron chi connectivity index (χ3n) is 4.52. The number of Topliss-reactive ketones (excluding diaryl/α,β-unsaturated/α-hetero) is 1. The predicted octanol–water partition coefficient (Wildman–Crippen LogP) is 4.28. The van der Waals surface area contributed by atoms with Gasteiger partial charge in [0.2, 0.25) is 0 Å². The molecule has 0 heterocycles. The molecular weight excluding hydrogens is 326 g/mol. The molecule has 0 spiro atoms. The zero-order valence-corrected chi connectivity index (χ0v) is 14.9. The molecule has 2 aromatic carbocycles. The summed E-state index contributed by atoms with van der Waals surface area (Å²) in [7, 11) is 3.97. The number of hydrogen-bond acceptors (Lipinski definition) is 3. The standard InChI is InChI=1S/C22H21NO3/c1-23(2)19-11-7-15(8-12-19)13-17-9-10-18(21(17)24)14-16-5-3-4-6-20(16)22(25)26/h3-8,11-14H,9-10H2,1-2H3,(H,25,26). The van der Waals surface area contributed by atoms with Crippen LogP contribution in [0.3, 0.4) is 0 Å². The van der Waals surface area contributed by atoms with E-state index in [1.54, 1.807) is 30.3 Å². The topological polar surface area (TPSA) is 57.6 Å². The van der Waals surface area contributed by atoms with Crippen LogP contribution in [-0.4, -0.2) is 31.0 Å². The molecule has 132 valence electrons. The van der Waals surface area contributed by atoms with E-state index in [0.717, 1.165) is 16.8 Å². The number of carboxylic acid groups (broad SMARTS) is 1. The number of nitrogens with zero attached hydrogens (tertiary/aromatic N) is 1. The molecule has 4 nitrogen and oxygen atoms in total. The third kappa shape index (κ3) is 3.75. The van der Waals surface area contributed by atoms with Gasteiger partial charge in [0, 0.05) is 30.9 Å². The Hall–Kier alpha value is -3.14. The van der Waals surface area contributed by atoms with Gasteiger partial charge in [-0.3, -0.25) is 4.79 Å². The number of carboxylic acids is 1. The summed E-state index contributed by atoms with van der Waals surface area (Å²) >= 11 is 0. The minimum absolute atomic E-state index is 0.00174. The molecule has 1 aliphatic carbocycles. The molecule has 0 unspecified atom stereocenters. The van der Waals surface area contributed by atoms with Gasteiger partial charge < -0.3 is 10.0 Å². The Balaban J connectivity index is 1.85. The Bertz CT molecular complexity index is 905. The van der Waals surface area contributed by atoms with Crippen molar-refractivity contribution < 1.29 is 14.7 Å². The van der Waals surface area contributed by atoms with Gasteiger partial charge in [0.15, 0.2) is 5.78 Å². The Labute approximate surface area is 153 Å². The van der Waals surface area contributed by atoms with Crippen molar-refractivity contribution in [1.82, 2.24) is 0 Å². The first-order valence-corrected chi connectivity index (χ1v) is 8.51. The first-order chi connectivity index (χ1) is 12.5. The van der Waals surface area contributed by atoms with E-state index < -0.39 is 5.97 Å². The molecule has 0 aromatic heterocycles. The maximum Gasteiger partial charge on any atom is 0.336 e. The van der Waals surface area contributed by atoms with Gasteiger partial charge in [0.25, 0.3) is 0 Å². The van der Waals surface area contributed by atoms with Crippen molar-refractivity contribution in [2.24, 2.45) is 0 Å². The minimum atomic E-state index is -0.986. The molecule has 4 heteroatoms. The highest BCUT2D eigenvalue weighted by Crippen LogP contribution is 2.30. The third-order valence-corrected chi connectivity index (χ3v) is 4.52. The van der Waals surface area contributed by atoms with Crippen LogP contribution in [0.15, 0.2) is 59.7 Å². The second kappa shape index (κ2) is 7.40. The van der Waals surface area contributed by atoms with E-state index in [4.69, 9.17) is 0 Å². The van der Waals surface area contributed by atoms with Crippen LogP contribution in [0.25, 0.3) is 12.2 Å². The Morgan fingerprint density at radius 1 is 0.962 bits per heavy atom. The fraction of sp³-hybridized carbons (Fsp3) is 0.182. The van der Waals surface area contributed by atoms with E-state index in [0.29, 0.717) is 24.0 Å². The van der Waals surface area contributed by atoms with Gasteiger partial charge in [0.05, 0.1) is 5.56 Å². The van der Waals surface area contributed by atoms with Crippen LogP contribution in [0.2, 0.25) is 0 Å². The van der Waals surface area contributed by atoms with Gasteiger partial charge >= 0.3 is 5.97 Å². The average molecular weight is 347 g/mol. The first kappa shape index (κ1) is 17.7. The number of benzene rings is 2. The molecule has 1 saturated carbocycles. The lowest BCUT2D eigenvalue weighted by molar-refractivity contribution is -0.111. The zero-order chi connectivity index (χ0) is 18.7. The highest BCUT2D eigenvalue weighted by Gasteiger charge is 2.23. The number of aromatic carboxylic acids is 1. The molecule has 0 atom stereocenters. The summed E-state index contributed by atoms with van der Waals surface area (Å²) in [6.07, 6.45) is 4.94. The molecule has 1 N–H and O–H groups in total. The van der Waals surface area contributed by atoms with Gasteiger partial charge in [-0.25, -0.2) is 4.79 Å². The number of carbonyl (C=O) groups excluding carboxylic acids is 1. The summed E-state index contributed by atoms with van der Waals surface area (Å²) < 4.78 is 0. The number of allylic oxidation sites excluding steroid dienone is 2. The fourth-order valence-corrected chi connectivity index (χ4v) is 3.05. The molecule has 0 saturated heterocycles. The molecule has 2 aromatic rings. The first-order valence-electron chi connectivity index (χ1n) is 8.51. The molecule has 1 fully saturated rings.